The molecule has 0 unspecified atom stereocenters. The maximum absolute atomic E-state index is 14.2. The van der Waals surface area contributed by atoms with Crippen molar-refractivity contribution in [3.63, 3.8) is 0 Å². The van der Waals surface area contributed by atoms with E-state index in [1.165, 1.54) is 10.7 Å². The number of urea groups is 1. The van der Waals surface area contributed by atoms with Crippen LogP contribution < -0.4 is 10.6 Å². The molecule has 1 heterocycles. The summed E-state index contributed by atoms with van der Waals surface area (Å²) in [6, 6.07) is 3.87. The van der Waals surface area contributed by atoms with Crippen LogP contribution in [0.2, 0.25) is 0 Å². The van der Waals surface area contributed by atoms with Crippen molar-refractivity contribution in [3.05, 3.63) is 42.0 Å². The van der Waals surface area contributed by atoms with Crippen LogP contribution in [-0.4, -0.2) is 33.1 Å². The van der Waals surface area contributed by atoms with Crippen molar-refractivity contribution in [2.45, 2.75) is 32.7 Å². The topological polar surface area (TPSA) is 79.2 Å². The number of rotatable bonds is 5. The number of amides is 2. The molecule has 3 N–H and O–H groups in total. The summed E-state index contributed by atoms with van der Waals surface area (Å²) in [6.07, 6.45) is 3.93. The molecule has 6 nitrogen and oxygen atoms in total. The molecule has 0 bridgehead atoms. The highest BCUT2D eigenvalue weighted by atomic mass is 19.1. The molecule has 0 aliphatic rings. The van der Waals surface area contributed by atoms with Gasteiger partial charge in [0.05, 0.1) is 18.3 Å². The normalized spacial score (nSPS) is 13.4. The number of halogens is 1. The summed E-state index contributed by atoms with van der Waals surface area (Å²) in [5, 5.41) is 18.6. The highest BCUT2D eigenvalue weighted by Gasteiger charge is 2.23. The molecular weight excluding hydrogens is 299 g/mol. The second-order valence-corrected chi connectivity index (χ2v) is 5.78. The van der Waals surface area contributed by atoms with E-state index in [1.807, 2.05) is 13.8 Å². The van der Waals surface area contributed by atoms with E-state index in [9.17, 15) is 14.3 Å². The minimum Gasteiger partial charge on any atom is -0.394 e. The van der Waals surface area contributed by atoms with Crippen LogP contribution in [0.1, 0.15) is 25.8 Å². The fourth-order valence-electron chi connectivity index (χ4n) is 1.99. The van der Waals surface area contributed by atoms with Gasteiger partial charge < -0.3 is 15.7 Å². The molecule has 2 rings (SSSR count). The highest BCUT2D eigenvalue weighted by molar-refractivity contribution is 5.89. The summed E-state index contributed by atoms with van der Waals surface area (Å²) < 4.78 is 15.6. The first kappa shape index (κ1) is 17.0. The van der Waals surface area contributed by atoms with Crippen molar-refractivity contribution < 1.29 is 14.3 Å². The van der Waals surface area contributed by atoms with Crippen molar-refractivity contribution in [2.24, 2.45) is 0 Å². The number of hydrogen-bond donors (Lipinski definition) is 3. The number of aliphatic hydroxyl groups excluding tert-OH is 1. The molecule has 0 spiro atoms. The van der Waals surface area contributed by atoms with E-state index >= 15 is 0 Å². The Hall–Kier alpha value is -2.41. The lowest BCUT2D eigenvalue weighted by Crippen LogP contribution is -2.50. The zero-order valence-corrected chi connectivity index (χ0v) is 13.4. The first-order valence-electron chi connectivity index (χ1n) is 7.38. The van der Waals surface area contributed by atoms with Crippen LogP contribution in [0, 0.1) is 12.7 Å². The molecule has 2 aromatic rings. The number of aliphatic hydroxyl groups is 1. The van der Waals surface area contributed by atoms with Crippen LogP contribution in [0.3, 0.4) is 0 Å². The third kappa shape index (κ3) is 4.07. The second kappa shape index (κ2) is 6.78. The fourth-order valence-corrected chi connectivity index (χ4v) is 1.99. The third-order valence-electron chi connectivity index (χ3n) is 3.71. The molecule has 0 saturated heterocycles. The van der Waals surface area contributed by atoms with E-state index in [4.69, 9.17) is 0 Å². The molecule has 23 heavy (non-hydrogen) atoms. The van der Waals surface area contributed by atoms with Crippen LogP contribution in [-0.2, 0) is 0 Å². The van der Waals surface area contributed by atoms with E-state index in [2.05, 4.69) is 15.7 Å². The molecule has 0 aliphatic carbocycles. The zero-order valence-electron chi connectivity index (χ0n) is 13.4. The van der Waals surface area contributed by atoms with Gasteiger partial charge in [-0.1, -0.05) is 6.92 Å². The number of carbonyl (C=O) groups is 1. The smallest absolute Gasteiger partial charge is 0.319 e. The number of nitrogens with one attached hydrogen (secondary N) is 2. The van der Waals surface area contributed by atoms with E-state index in [1.54, 1.807) is 31.5 Å². The molecule has 1 aromatic heterocycles. The predicted molar refractivity (Wildman–Crippen MR) is 86.2 cm³/mol. The summed E-state index contributed by atoms with van der Waals surface area (Å²) in [4.78, 5) is 11.9. The highest BCUT2D eigenvalue weighted by Crippen LogP contribution is 2.18. The predicted octanol–water partition coefficient (Wildman–Crippen LogP) is 2.60. The monoisotopic (exact) mass is 320 g/mol. The molecule has 0 fully saturated rings. The first-order valence-corrected chi connectivity index (χ1v) is 7.38. The van der Waals surface area contributed by atoms with Crippen molar-refractivity contribution in [3.8, 4) is 5.69 Å². The van der Waals surface area contributed by atoms with Gasteiger partial charge in [-0.25, -0.2) is 13.9 Å². The van der Waals surface area contributed by atoms with Gasteiger partial charge in [0.1, 0.15) is 5.69 Å². The summed E-state index contributed by atoms with van der Waals surface area (Å²) in [6.45, 7) is 5.28. The molecule has 0 saturated carbocycles. The van der Waals surface area contributed by atoms with Crippen molar-refractivity contribution in [2.75, 3.05) is 11.9 Å². The maximum atomic E-state index is 14.2. The van der Waals surface area contributed by atoms with Gasteiger partial charge in [0.15, 0.2) is 5.82 Å². The van der Waals surface area contributed by atoms with Gasteiger partial charge in [-0.2, -0.15) is 5.10 Å². The lowest BCUT2D eigenvalue weighted by Gasteiger charge is -2.27. The van der Waals surface area contributed by atoms with Crippen LogP contribution >= 0.6 is 0 Å². The van der Waals surface area contributed by atoms with Crippen molar-refractivity contribution in [1.29, 1.82) is 0 Å². The average molecular weight is 320 g/mol. The Bertz CT molecular complexity index is 695. The number of anilines is 1. The van der Waals surface area contributed by atoms with Crippen LogP contribution in [0.5, 0.6) is 0 Å². The Labute approximate surface area is 134 Å². The zero-order chi connectivity index (χ0) is 17.0. The number of aromatic nitrogens is 2. The molecule has 1 aromatic carbocycles. The minimum atomic E-state index is -0.713. The van der Waals surface area contributed by atoms with E-state index in [-0.39, 0.29) is 6.61 Å². The molecule has 1 atom stereocenters. The quantitative estimate of drug-likeness (QED) is 0.792. The van der Waals surface area contributed by atoms with Gasteiger partial charge in [-0.3, -0.25) is 0 Å². The lowest BCUT2D eigenvalue weighted by atomic mass is 10.0. The van der Waals surface area contributed by atoms with Crippen molar-refractivity contribution >= 4 is 11.7 Å². The molecule has 2 amide bonds. The van der Waals surface area contributed by atoms with Gasteiger partial charge >= 0.3 is 6.03 Å². The standard InChI is InChI=1S/C16H21FN4O2/c1-4-16(3,10-22)20-15(23)19-12-5-6-14(13(17)7-12)21-9-11(2)8-18-21/h5-9,22H,4,10H2,1-3H3,(H2,19,20,23)/t16-/m0/s1. The Morgan fingerprint density at radius 1 is 1.48 bits per heavy atom. The molecular formula is C16H21FN4O2. The lowest BCUT2D eigenvalue weighted by molar-refractivity contribution is 0.172. The number of carbonyl (C=O) groups excluding carboxylic acids is 1. The summed E-state index contributed by atoms with van der Waals surface area (Å²) in [5.41, 5.74) is 0.838. The Morgan fingerprint density at radius 2 is 2.22 bits per heavy atom. The number of nitrogens with zero attached hydrogens (tertiary/aromatic N) is 2. The van der Waals surface area contributed by atoms with Crippen LogP contribution in [0.4, 0.5) is 14.9 Å². The second-order valence-electron chi connectivity index (χ2n) is 5.78. The van der Waals surface area contributed by atoms with Crippen molar-refractivity contribution in [1.82, 2.24) is 15.1 Å². The van der Waals surface area contributed by atoms with Gasteiger partial charge in [0.2, 0.25) is 0 Å². The van der Waals surface area contributed by atoms with E-state index in [0.29, 0.717) is 17.8 Å². The average Bonchev–Trinajstić information content (AvgIpc) is 2.93. The Morgan fingerprint density at radius 3 is 2.74 bits per heavy atom. The molecule has 124 valence electrons. The number of hydrogen-bond acceptors (Lipinski definition) is 3. The first-order chi connectivity index (χ1) is 10.9. The Balaban J connectivity index is 2.10. The van der Waals surface area contributed by atoms with E-state index < -0.39 is 17.4 Å². The van der Waals surface area contributed by atoms with Gasteiger partial charge in [0.25, 0.3) is 0 Å². The van der Waals surface area contributed by atoms with Gasteiger partial charge in [-0.15, -0.1) is 0 Å². The molecule has 7 heteroatoms. The largest absolute Gasteiger partial charge is 0.394 e. The summed E-state index contributed by atoms with van der Waals surface area (Å²) in [5.74, 6) is -0.494. The van der Waals surface area contributed by atoms with Gasteiger partial charge in [0, 0.05) is 11.9 Å². The Kier molecular flexibility index (Phi) is 5.00. The van der Waals surface area contributed by atoms with Gasteiger partial charge in [-0.05, 0) is 44.0 Å². The SMILES string of the molecule is CC[C@@](C)(CO)NC(=O)Nc1ccc(-n2cc(C)cn2)c(F)c1. The van der Waals surface area contributed by atoms with Crippen LogP contribution in [0.25, 0.3) is 5.69 Å². The molecule has 0 radical (unpaired) electrons. The van der Waals surface area contributed by atoms with Crippen LogP contribution in [0.15, 0.2) is 30.6 Å². The third-order valence-corrected chi connectivity index (χ3v) is 3.71. The fraction of sp³-hybridized carbons (Fsp3) is 0.375. The maximum Gasteiger partial charge on any atom is 0.319 e. The van der Waals surface area contributed by atoms with E-state index in [0.717, 1.165) is 5.56 Å². The summed E-state index contributed by atoms with van der Waals surface area (Å²) in [7, 11) is 0. The summed E-state index contributed by atoms with van der Waals surface area (Å²) >= 11 is 0. The number of benzene rings is 1. The molecule has 0 aliphatic heterocycles. The minimum absolute atomic E-state index is 0.178. The number of aryl methyl sites for hydroxylation is 1.